The van der Waals surface area contributed by atoms with Crippen LogP contribution in [0.5, 0.6) is 5.75 Å². The standard InChI is InChI=1S/C14H11ClN2OS/c15-14-17-8-10(19-14)7-16-13-11-4-2-1-3-9(11)5-6-12(13)18/h1-6,8,16,18H,7H2. The van der Waals surface area contributed by atoms with Crippen LogP contribution in [0.2, 0.25) is 4.47 Å². The lowest BCUT2D eigenvalue weighted by Crippen LogP contribution is -1.98. The van der Waals surface area contributed by atoms with E-state index in [1.165, 1.54) is 11.3 Å². The molecule has 1 aromatic heterocycles. The number of halogens is 1. The van der Waals surface area contributed by atoms with E-state index in [4.69, 9.17) is 11.6 Å². The highest BCUT2D eigenvalue weighted by Crippen LogP contribution is 2.33. The Hall–Kier alpha value is -1.78. The lowest BCUT2D eigenvalue weighted by Gasteiger charge is -2.10. The van der Waals surface area contributed by atoms with Crippen molar-refractivity contribution >= 4 is 39.4 Å². The van der Waals surface area contributed by atoms with E-state index in [1.54, 1.807) is 12.3 Å². The monoisotopic (exact) mass is 290 g/mol. The maximum absolute atomic E-state index is 9.99. The molecule has 19 heavy (non-hydrogen) atoms. The predicted molar refractivity (Wildman–Crippen MR) is 80.1 cm³/mol. The number of phenolic OH excluding ortho intramolecular Hbond substituents is 1. The molecule has 96 valence electrons. The third-order valence-electron chi connectivity index (χ3n) is 2.87. The quantitative estimate of drug-likeness (QED) is 0.708. The number of benzene rings is 2. The molecule has 0 spiro atoms. The summed E-state index contributed by atoms with van der Waals surface area (Å²) in [4.78, 5) is 5.02. The van der Waals surface area contributed by atoms with Crippen LogP contribution < -0.4 is 5.32 Å². The zero-order chi connectivity index (χ0) is 13.2. The van der Waals surface area contributed by atoms with Crippen molar-refractivity contribution in [3.8, 4) is 5.75 Å². The number of hydrogen-bond donors (Lipinski definition) is 2. The van der Waals surface area contributed by atoms with Crippen LogP contribution in [-0.2, 0) is 6.54 Å². The summed E-state index contributed by atoms with van der Waals surface area (Å²) >= 11 is 7.23. The SMILES string of the molecule is Oc1ccc2ccccc2c1NCc1cnc(Cl)s1. The Bertz CT molecular complexity index is 726. The average molecular weight is 291 g/mol. The van der Waals surface area contributed by atoms with Gasteiger partial charge in [-0.15, -0.1) is 11.3 Å². The number of aromatic hydroxyl groups is 1. The van der Waals surface area contributed by atoms with Gasteiger partial charge in [-0.3, -0.25) is 0 Å². The first kappa shape index (κ1) is 12.3. The van der Waals surface area contributed by atoms with Gasteiger partial charge in [0.15, 0.2) is 4.47 Å². The summed E-state index contributed by atoms with van der Waals surface area (Å²) in [7, 11) is 0. The van der Waals surface area contributed by atoms with Crippen molar-refractivity contribution in [1.82, 2.24) is 4.98 Å². The molecule has 0 atom stereocenters. The van der Waals surface area contributed by atoms with Gasteiger partial charge in [-0.1, -0.05) is 41.9 Å². The Morgan fingerprint density at radius 3 is 2.84 bits per heavy atom. The summed E-state index contributed by atoms with van der Waals surface area (Å²) < 4.78 is 0.527. The first-order valence-electron chi connectivity index (χ1n) is 5.79. The number of anilines is 1. The fraction of sp³-hybridized carbons (Fsp3) is 0.0714. The third-order valence-corrected chi connectivity index (χ3v) is 3.99. The summed E-state index contributed by atoms with van der Waals surface area (Å²) in [5, 5.41) is 15.3. The molecule has 2 N–H and O–H groups in total. The van der Waals surface area contributed by atoms with E-state index in [0.717, 1.165) is 21.3 Å². The predicted octanol–water partition coefficient (Wildman–Crippen LogP) is 4.27. The molecule has 0 radical (unpaired) electrons. The zero-order valence-corrected chi connectivity index (χ0v) is 11.5. The molecule has 0 aliphatic carbocycles. The minimum Gasteiger partial charge on any atom is -0.506 e. The Balaban J connectivity index is 1.93. The molecule has 0 saturated carbocycles. The molecule has 2 aromatic carbocycles. The molecule has 0 saturated heterocycles. The summed E-state index contributed by atoms with van der Waals surface area (Å²) in [6.07, 6.45) is 1.74. The Morgan fingerprint density at radius 1 is 1.21 bits per heavy atom. The minimum atomic E-state index is 0.245. The number of thiazole rings is 1. The van der Waals surface area contributed by atoms with Gasteiger partial charge in [0.25, 0.3) is 0 Å². The summed E-state index contributed by atoms with van der Waals surface area (Å²) in [6.45, 7) is 0.589. The molecular formula is C14H11ClN2OS. The molecule has 0 amide bonds. The van der Waals surface area contributed by atoms with Gasteiger partial charge in [-0.05, 0) is 11.5 Å². The van der Waals surface area contributed by atoms with Crippen molar-refractivity contribution in [2.45, 2.75) is 6.54 Å². The summed E-state index contributed by atoms with van der Waals surface area (Å²) in [6, 6.07) is 11.5. The van der Waals surface area contributed by atoms with Gasteiger partial charge in [0, 0.05) is 16.5 Å². The average Bonchev–Trinajstić information content (AvgIpc) is 2.83. The topological polar surface area (TPSA) is 45.1 Å². The molecule has 3 rings (SSSR count). The van der Waals surface area contributed by atoms with Crippen molar-refractivity contribution in [1.29, 1.82) is 0 Å². The molecule has 0 bridgehead atoms. The van der Waals surface area contributed by atoms with E-state index in [-0.39, 0.29) is 5.75 Å². The van der Waals surface area contributed by atoms with E-state index >= 15 is 0 Å². The van der Waals surface area contributed by atoms with E-state index in [2.05, 4.69) is 10.3 Å². The van der Waals surface area contributed by atoms with Gasteiger partial charge in [0.2, 0.25) is 0 Å². The van der Waals surface area contributed by atoms with Crippen molar-refractivity contribution in [3.05, 3.63) is 51.9 Å². The number of aromatic nitrogens is 1. The first-order chi connectivity index (χ1) is 9.24. The van der Waals surface area contributed by atoms with Crippen molar-refractivity contribution < 1.29 is 5.11 Å². The van der Waals surface area contributed by atoms with Crippen LogP contribution in [-0.4, -0.2) is 10.1 Å². The molecule has 3 aromatic rings. The van der Waals surface area contributed by atoms with Crippen LogP contribution in [0.1, 0.15) is 4.88 Å². The van der Waals surface area contributed by atoms with Crippen LogP contribution in [0, 0.1) is 0 Å². The fourth-order valence-corrected chi connectivity index (χ4v) is 2.90. The number of hydrogen-bond acceptors (Lipinski definition) is 4. The maximum atomic E-state index is 9.99. The zero-order valence-electron chi connectivity index (χ0n) is 9.93. The lowest BCUT2D eigenvalue weighted by molar-refractivity contribution is 0.478. The second-order valence-corrected chi connectivity index (χ2v) is 5.81. The number of nitrogens with one attached hydrogen (secondary N) is 1. The summed E-state index contributed by atoms with van der Waals surface area (Å²) in [5.74, 6) is 0.245. The second-order valence-electron chi connectivity index (χ2n) is 4.11. The molecule has 0 fully saturated rings. The minimum absolute atomic E-state index is 0.245. The van der Waals surface area contributed by atoms with Gasteiger partial charge in [-0.25, -0.2) is 4.98 Å². The van der Waals surface area contributed by atoms with Crippen LogP contribution in [0.3, 0.4) is 0 Å². The van der Waals surface area contributed by atoms with Crippen LogP contribution in [0.15, 0.2) is 42.6 Å². The van der Waals surface area contributed by atoms with Crippen molar-refractivity contribution in [2.24, 2.45) is 0 Å². The lowest BCUT2D eigenvalue weighted by atomic mass is 10.1. The van der Waals surface area contributed by atoms with Crippen molar-refractivity contribution in [2.75, 3.05) is 5.32 Å². The number of fused-ring (bicyclic) bond motifs is 1. The molecule has 0 unspecified atom stereocenters. The summed E-state index contributed by atoms with van der Waals surface area (Å²) in [5.41, 5.74) is 0.739. The maximum Gasteiger partial charge on any atom is 0.183 e. The van der Waals surface area contributed by atoms with Gasteiger partial charge >= 0.3 is 0 Å². The van der Waals surface area contributed by atoms with Crippen molar-refractivity contribution in [3.63, 3.8) is 0 Å². The Kier molecular flexibility index (Phi) is 3.27. The van der Waals surface area contributed by atoms with E-state index < -0.39 is 0 Å². The van der Waals surface area contributed by atoms with Gasteiger partial charge < -0.3 is 10.4 Å². The smallest absolute Gasteiger partial charge is 0.183 e. The molecule has 0 aliphatic heterocycles. The highest BCUT2D eigenvalue weighted by Gasteiger charge is 2.07. The van der Waals surface area contributed by atoms with E-state index in [0.29, 0.717) is 11.0 Å². The molecule has 3 nitrogen and oxygen atoms in total. The van der Waals surface area contributed by atoms with E-state index in [1.807, 2.05) is 30.3 Å². The van der Waals surface area contributed by atoms with Gasteiger partial charge in [0.05, 0.1) is 12.2 Å². The molecule has 1 heterocycles. The third kappa shape index (κ3) is 2.50. The van der Waals surface area contributed by atoms with Gasteiger partial charge in [0.1, 0.15) is 5.75 Å². The molecule has 0 aliphatic rings. The molecule has 5 heteroatoms. The fourth-order valence-electron chi connectivity index (χ4n) is 1.99. The number of rotatable bonds is 3. The Morgan fingerprint density at radius 2 is 2.05 bits per heavy atom. The second kappa shape index (κ2) is 5.07. The highest BCUT2D eigenvalue weighted by molar-refractivity contribution is 7.15. The number of phenols is 1. The van der Waals surface area contributed by atoms with Crippen LogP contribution >= 0.6 is 22.9 Å². The van der Waals surface area contributed by atoms with Gasteiger partial charge in [-0.2, -0.15) is 0 Å². The largest absolute Gasteiger partial charge is 0.506 e. The molecular weight excluding hydrogens is 280 g/mol. The highest BCUT2D eigenvalue weighted by atomic mass is 35.5. The normalized spacial score (nSPS) is 10.8. The van der Waals surface area contributed by atoms with Crippen LogP contribution in [0.4, 0.5) is 5.69 Å². The number of nitrogens with zero attached hydrogens (tertiary/aromatic N) is 1. The van der Waals surface area contributed by atoms with E-state index in [9.17, 15) is 5.11 Å². The van der Waals surface area contributed by atoms with Crippen LogP contribution in [0.25, 0.3) is 10.8 Å². The Labute approximate surface area is 119 Å². The first-order valence-corrected chi connectivity index (χ1v) is 6.98.